The molecule has 162 valence electrons. The number of hydrogen-bond donors (Lipinski definition) is 2. The molecule has 5 nitrogen and oxygen atoms in total. The molecule has 0 bridgehead atoms. The Labute approximate surface area is 197 Å². The van der Waals surface area contributed by atoms with E-state index in [1.807, 2.05) is 23.1 Å². The number of guanidine groups is 1. The number of hydrogen-bond acceptors (Lipinski definition) is 2. The Morgan fingerprint density at radius 3 is 2.27 bits per heavy atom. The number of carbonyl (C=O) groups excluding carboxylic acids is 1. The van der Waals surface area contributed by atoms with Crippen LogP contribution >= 0.6 is 24.0 Å². The Kier molecular flexibility index (Phi) is 10.1. The molecule has 1 amide bonds. The first-order valence-corrected chi connectivity index (χ1v) is 10.5. The molecule has 2 aromatic carbocycles. The van der Waals surface area contributed by atoms with E-state index in [1.165, 1.54) is 11.1 Å². The van der Waals surface area contributed by atoms with Crippen LogP contribution in [0.15, 0.2) is 65.7 Å². The molecule has 1 saturated heterocycles. The van der Waals surface area contributed by atoms with E-state index in [2.05, 4.69) is 65.0 Å². The Balaban J connectivity index is 0.00000320. The predicted molar refractivity (Wildman–Crippen MR) is 134 cm³/mol. The van der Waals surface area contributed by atoms with Crippen LogP contribution in [0.4, 0.5) is 0 Å². The highest BCUT2D eigenvalue weighted by Crippen LogP contribution is 2.21. The molecule has 0 aromatic heterocycles. The van der Waals surface area contributed by atoms with Gasteiger partial charge in [-0.05, 0) is 43.2 Å². The van der Waals surface area contributed by atoms with Gasteiger partial charge in [-0.1, -0.05) is 60.7 Å². The summed E-state index contributed by atoms with van der Waals surface area (Å²) >= 11 is 0. The molecule has 30 heavy (non-hydrogen) atoms. The molecule has 1 unspecified atom stereocenters. The average Bonchev–Trinajstić information content (AvgIpc) is 2.78. The van der Waals surface area contributed by atoms with E-state index in [0.717, 1.165) is 32.4 Å². The first-order valence-electron chi connectivity index (χ1n) is 10.5. The summed E-state index contributed by atoms with van der Waals surface area (Å²) in [6, 6.07) is 21.0. The Bertz CT molecular complexity index is 789. The maximum atomic E-state index is 12.6. The minimum Gasteiger partial charge on any atom is -0.350 e. The second kappa shape index (κ2) is 12.6. The molecule has 6 heteroatoms. The van der Waals surface area contributed by atoms with Gasteiger partial charge in [0.1, 0.15) is 0 Å². The van der Waals surface area contributed by atoms with Gasteiger partial charge in [0.05, 0.1) is 12.6 Å². The number of nitrogens with zero attached hydrogens (tertiary/aromatic N) is 2. The van der Waals surface area contributed by atoms with Gasteiger partial charge in [0.2, 0.25) is 5.91 Å². The van der Waals surface area contributed by atoms with Crippen molar-refractivity contribution in [3.05, 3.63) is 71.8 Å². The fourth-order valence-corrected chi connectivity index (χ4v) is 3.83. The molecule has 0 radical (unpaired) electrons. The van der Waals surface area contributed by atoms with Crippen molar-refractivity contribution in [3.63, 3.8) is 0 Å². The highest BCUT2D eigenvalue weighted by Gasteiger charge is 2.23. The fourth-order valence-electron chi connectivity index (χ4n) is 3.83. The maximum Gasteiger partial charge on any atom is 0.241 e. The van der Waals surface area contributed by atoms with Crippen LogP contribution in [0.1, 0.15) is 36.9 Å². The lowest BCUT2D eigenvalue weighted by atomic mass is 9.90. The zero-order valence-corrected chi connectivity index (χ0v) is 20.2. The number of benzene rings is 2. The first kappa shape index (κ1) is 24.2. The summed E-state index contributed by atoms with van der Waals surface area (Å²) in [6.07, 6.45) is 3.24. The minimum absolute atomic E-state index is 0. The van der Waals surface area contributed by atoms with Crippen LogP contribution in [-0.2, 0) is 11.2 Å². The summed E-state index contributed by atoms with van der Waals surface area (Å²) in [7, 11) is 1.73. The Hall–Kier alpha value is -2.09. The zero-order chi connectivity index (χ0) is 20.5. The Morgan fingerprint density at radius 2 is 1.67 bits per heavy atom. The predicted octanol–water partition coefficient (Wildman–Crippen LogP) is 4.01. The van der Waals surface area contributed by atoms with Crippen LogP contribution in [0.25, 0.3) is 0 Å². The van der Waals surface area contributed by atoms with Gasteiger partial charge in [-0.2, -0.15) is 0 Å². The lowest BCUT2D eigenvalue weighted by Crippen LogP contribution is -2.47. The molecular weight excluding hydrogens is 487 g/mol. The van der Waals surface area contributed by atoms with Crippen LogP contribution < -0.4 is 10.6 Å². The monoisotopic (exact) mass is 520 g/mol. The van der Waals surface area contributed by atoms with E-state index in [9.17, 15) is 4.79 Å². The van der Waals surface area contributed by atoms with Gasteiger partial charge >= 0.3 is 0 Å². The fraction of sp³-hybridized carbons (Fsp3) is 0.417. The van der Waals surface area contributed by atoms with Gasteiger partial charge in [0.15, 0.2) is 5.96 Å². The second-order valence-corrected chi connectivity index (χ2v) is 7.72. The molecule has 0 spiro atoms. The van der Waals surface area contributed by atoms with Gasteiger partial charge in [0, 0.05) is 20.1 Å². The molecule has 1 heterocycles. The number of aliphatic imine (C=N–C) groups is 1. The van der Waals surface area contributed by atoms with Crippen molar-refractivity contribution in [2.24, 2.45) is 10.9 Å². The number of nitrogens with one attached hydrogen (secondary N) is 2. The lowest BCUT2D eigenvalue weighted by Gasteiger charge is -2.32. The van der Waals surface area contributed by atoms with Crippen LogP contribution in [0.3, 0.4) is 0 Å². The first-order chi connectivity index (χ1) is 14.2. The quantitative estimate of drug-likeness (QED) is 0.344. The number of likely N-dealkylation sites (tertiary alicyclic amines) is 1. The van der Waals surface area contributed by atoms with Gasteiger partial charge in [0.25, 0.3) is 0 Å². The summed E-state index contributed by atoms with van der Waals surface area (Å²) in [5.74, 6) is 1.45. The molecule has 1 atom stereocenters. The SMILES string of the molecule is CN=C(NCC(=O)N1CCC(Cc2ccccc2)CC1)NC(C)c1ccccc1.I. The third kappa shape index (κ3) is 7.31. The zero-order valence-electron chi connectivity index (χ0n) is 17.9. The lowest BCUT2D eigenvalue weighted by molar-refractivity contribution is -0.131. The summed E-state index contributed by atoms with van der Waals surface area (Å²) in [5.41, 5.74) is 2.57. The highest BCUT2D eigenvalue weighted by atomic mass is 127. The number of amides is 1. The average molecular weight is 520 g/mol. The molecule has 0 aliphatic carbocycles. The van der Waals surface area contributed by atoms with Crippen LogP contribution in [0.5, 0.6) is 0 Å². The number of rotatable bonds is 6. The van der Waals surface area contributed by atoms with Crippen molar-refractivity contribution in [2.45, 2.75) is 32.2 Å². The number of carbonyl (C=O) groups is 1. The van der Waals surface area contributed by atoms with Crippen LogP contribution in [0.2, 0.25) is 0 Å². The smallest absolute Gasteiger partial charge is 0.241 e. The normalized spacial score (nSPS) is 15.8. The summed E-state index contributed by atoms with van der Waals surface area (Å²) in [4.78, 5) is 18.8. The molecule has 2 aromatic rings. The number of piperidine rings is 1. The number of halogens is 1. The van der Waals surface area contributed by atoms with Crippen molar-refractivity contribution < 1.29 is 4.79 Å². The van der Waals surface area contributed by atoms with Crippen molar-refractivity contribution in [1.29, 1.82) is 0 Å². The highest BCUT2D eigenvalue weighted by molar-refractivity contribution is 14.0. The van der Waals surface area contributed by atoms with E-state index in [0.29, 0.717) is 11.9 Å². The third-order valence-electron chi connectivity index (χ3n) is 5.62. The summed E-state index contributed by atoms with van der Waals surface area (Å²) in [5, 5.41) is 6.51. The standard InChI is InChI=1S/C24H32N4O.HI/c1-19(22-11-7-4-8-12-22)27-24(25-2)26-18-23(29)28-15-13-21(14-16-28)17-20-9-5-3-6-10-20;/h3-12,19,21H,13-18H2,1-2H3,(H2,25,26,27);1H. The van der Waals surface area contributed by atoms with Crippen molar-refractivity contribution in [2.75, 3.05) is 26.7 Å². The molecule has 1 fully saturated rings. The maximum absolute atomic E-state index is 12.6. The van der Waals surface area contributed by atoms with Gasteiger partial charge < -0.3 is 15.5 Å². The van der Waals surface area contributed by atoms with Gasteiger partial charge in [-0.3, -0.25) is 9.79 Å². The summed E-state index contributed by atoms with van der Waals surface area (Å²) < 4.78 is 0. The molecule has 2 N–H and O–H groups in total. The molecule has 1 aliphatic rings. The molecule has 1 aliphatic heterocycles. The third-order valence-corrected chi connectivity index (χ3v) is 5.62. The largest absolute Gasteiger partial charge is 0.350 e. The van der Waals surface area contributed by atoms with Crippen LogP contribution in [0, 0.1) is 5.92 Å². The second-order valence-electron chi connectivity index (χ2n) is 7.72. The Morgan fingerprint density at radius 1 is 1.07 bits per heavy atom. The molecule has 0 saturated carbocycles. The van der Waals surface area contributed by atoms with E-state index >= 15 is 0 Å². The van der Waals surface area contributed by atoms with E-state index < -0.39 is 0 Å². The van der Waals surface area contributed by atoms with E-state index in [1.54, 1.807) is 7.05 Å². The van der Waals surface area contributed by atoms with E-state index in [4.69, 9.17) is 0 Å². The molecular formula is C24H33IN4O. The topological polar surface area (TPSA) is 56.7 Å². The van der Waals surface area contributed by atoms with Gasteiger partial charge in [-0.25, -0.2) is 0 Å². The molecule has 3 rings (SSSR count). The minimum atomic E-state index is 0. The van der Waals surface area contributed by atoms with Crippen molar-refractivity contribution in [3.8, 4) is 0 Å². The van der Waals surface area contributed by atoms with Gasteiger partial charge in [-0.15, -0.1) is 24.0 Å². The van der Waals surface area contributed by atoms with E-state index in [-0.39, 0.29) is 42.5 Å². The summed E-state index contributed by atoms with van der Waals surface area (Å²) in [6.45, 7) is 4.03. The van der Waals surface area contributed by atoms with Crippen molar-refractivity contribution >= 4 is 35.8 Å². The van der Waals surface area contributed by atoms with Crippen molar-refractivity contribution in [1.82, 2.24) is 15.5 Å². The van der Waals surface area contributed by atoms with Crippen LogP contribution in [-0.4, -0.2) is 43.4 Å².